The number of carbonyl (C=O) groups is 2. The largest absolute Gasteiger partial charge is 0.459 e. The summed E-state index contributed by atoms with van der Waals surface area (Å²) >= 11 is 0. The molecule has 1 aromatic heterocycles. The van der Waals surface area contributed by atoms with E-state index in [0.717, 1.165) is 5.56 Å². The molecule has 6 nitrogen and oxygen atoms in total. The molecule has 0 unspecified atom stereocenters. The van der Waals surface area contributed by atoms with E-state index in [4.69, 9.17) is 10.2 Å². The minimum Gasteiger partial charge on any atom is -0.459 e. The maximum Gasteiger partial charge on any atom is 0.291 e. The Morgan fingerprint density at radius 2 is 1.84 bits per heavy atom. The molecular formula is C18H24ClN3O3. The van der Waals surface area contributed by atoms with Gasteiger partial charge < -0.3 is 20.8 Å². The molecule has 1 aromatic carbocycles. The zero-order chi connectivity index (χ0) is 17.9. The second-order valence-electron chi connectivity index (χ2n) is 6.79. The minimum absolute atomic E-state index is 0. The maximum atomic E-state index is 12.2. The molecule has 2 rings (SSSR count). The molecule has 1 heterocycles. The molecule has 0 radical (unpaired) electrons. The molecule has 2 amide bonds. The quantitative estimate of drug-likeness (QED) is 0.771. The normalized spacial score (nSPS) is 12.0. The van der Waals surface area contributed by atoms with Crippen LogP contribution < -0.4 is 16.4 Å². The van der Waals surface area contributed by atoms with E-state index in [0.29, 0.717) is 11.4 Å². The van der Waals surface area contributed by atoms with Gasteiger partial charge in [0.15, 0.2) is 5.76 Å². The van der Waals surface area contributed by atoms with Gasteiger partial charge in [-0.3, -0.25) is 9.59 Å². The topological polar surface area (TPSA) is 97.4 Å². The van der Waals surface area contributed by atoms with E-state index >= 15 is 0 Å². The lowest BCUT2D eigenvalue weighted by Gasteiger charge is -2.26. The number of carbonyl (C=O) groups excluding carboxylic acids is 2. The van der Waals surface area contributed by atoms with Gasteiger partial charge in [-0.15, -0.1) is 12.4 Å². The van der Waals surface area contributed by atoms with Gasteiger partial charge in [0, 0.05) is 11.4 Å². The standard InChI is InChI=1S/C18H23N3O3.ClH/c1-11-10-12(20-17(23)15(19)18(2,3)4)7-8-13(11)21-16(22)14-6-5-9-24-14;/h5-10,15H,19H2,1-4H3,(H,20,23)(H,21,22);1H/t15-;/m1./s1. The van der Waals surface area contributed by atoms with Crippen molar-refractivity contribution in [3.05, 3.63) is 47.9 Å². The van der Waals surface area contributed by atoms with E-state index in [-0.39, 0.29) is 35.4 Å². The number of anilines is 2. The summed E-state index contributed by atoms with van der Waals surface area (Å²) in [7, 11) is 0. The summed E-state index contributed by atoms with van der Waals surface area (Å²) in [5, 5.41) is 5.57. The van der Waals surface area contributed by atoms with Crippen LogP contribution in [0.5, 0.6) is 0 Å². The fraction of sp³-hybridized carbons (Fsp3) is 0.333. The van der Waals surface area contributed by atoms with Crippen LogP contribution in [0.1, 0.15) is 36.9 Å². The number of nitrogens with one attached hydrogen (secondary N) is 2. The zero-order valence-electron chi connectivity index (χ0n) is 14.8. The number of nitrogens with two attached hydrogens (primary N) is 1. The predicted molar refractivity (Wildman–Crippen MR) is 101 cm³/mol. The summed E-state index contributed by atoms with van der Waals surface area (Å²) in [6, 6.07) is 7.86. The first-order valence-corrected chi connectivity index (χ1v) is 7.70. The summed E-state index contributed by atoms with van der Waals surface area (Å²) in [6.45, 7) is 7.58. The molecule has 0 aliphatic rings. The lowest BCUT2D eigenvalue weighted by Crippen LogP contribution is -2.45. The van der Waals surface area contributed by atoms with Gasteiger partial charge >= 0.3 is 0 Å². The third-order valence-electron chi connectivity index (χ3n) is 3.70. The van der Waals surface area contributed by atoms with Crippen molar-refractivity contribution < 1.29 is 14.0 Å². The highest BCUT2D eigenvalue weighted by Gasteiger charge is 2.27. The van der Waals surface area contributed by atoms with E-state index in [1.54, 1.807) is 30.3 Å². The number of benzene rings is 1. The van der Waals surface area contributed by atoms with Gasteiger partial charge in [0.25, 0.3) is 5.91 Å². The van der Waals surface area contributed by atoms with Crippen LogP contribution in [0.15, 0.2) is 41.0 Å². The highest BCUT2D eigenvalue weighted by atomic mass is 35.5. The SMILES string of the molecule is Cc1cc(NC(=O)[C@@H](N)C(C)(C)C)ccc1NC(=O)c1ccco1.Cl. The van der Waals surface area contributed by atoms with Crippen LogP contribution in [-0.4, -0.2) is 17.9 Å². The first-order valence-electron chi connectivity index (χ1n) is 7.70. The Balaban J connectivity index is 0.00000312. The summed E-state index contributed by atoms with van der Waals surface area (Å²) < 4.78 is 5.06. The van der Waals surface area contributed by atoms with E-state index in [1.807, 2.05) is 27.7 Å². The number of aryl methyl sites for hydroxylation is 1. The fourth-order valence-corrected chi connectivity index (χ4v) is 2.09. The van der Waals surface area contributed by atoms with Crippen LogP contribution in [0, 0.1) is 12.3 Å². The van der Waals surface area contributed by atoms with E-state index < -0.39 is 6.04 Å². The number of amides is 2. The molecule has 1 atom stereocenters. The van der Waals surface area contributed by atoms with Gasteiger partial charge in [-0.1, -0.05) is 20.8 Å². The Morgan fingerprint density at radius 1 is 1.16 bits per heavy atom. The number of hydrogen-bond donors (Lipinski definition) is 3. The Morgan fingerprint density at radius 3 is 2.36 bits per heavy atom. The van der Waals surface area contributed by atoms with Crippen LogP contribution in [0.25, 0.3) is 0 Å². The van der Waals surface area contributed by atoms with Crippen molar-refractivity contribution in [3.8, 4) is 0 Å². The number of furan rings is 1. The van der Waals surface area contributed by atoms with Crippen molar-refractivity contribution in [2.24, 2.45) is 11.1 Å². The van der Waals surface area contributed by atoms with Gasteiger partial charge in [0.05, 0.1) is 12.3 Å². The third-order valence-corrected chi connectivity index (χ3v) is 3.70. The van der Waals surface area contributed by atoms with E-state index in [2.05, 4.69) is 10.6 Å². The van der Waals surface area contributed by atoms with E-state index in [1.165, 1.54) is 6.26 Å². The molecule has 0 aliphatic carbocycles. The number of rotatable bonds is 4. The van der Waals surface area contributed by atoms with Crippen LogP contribution in [0.3, 0.4) is 0 Å². The number of halogens is 1. The first-order chi connectivity index (χ1) is 11.2. The van der Waals surface area contributed by atoms with Crippen LogP contribution in [0.4, 0.5) is 11.4 Å². The summed E-state index contributed by atoms with van der Waals surface area (Å²) in [5.74, 6) is -0.327. The molecule has 0 aliphatic heterocycles. The van der Waals surface area contributed by atoms with Crippen molar-refractivity contribution >= 4 is 35.6 Å². The smallest absolute Gasteiger partial charge is 0.291 e. The van der Waals surface area contributed by atoms with Crippen LogP contribution in [0.2, 0.25) is 0 Å². The van der Waals surface area contributed by atoms with Crippen molar-refractivity contribution in [2.45, 2.75) is 33.7 Å². The van der Waals surface area contributed by atoms with E-state index in [9.17, 15) is 9.59 Å². The lowest BCUT2D eigenvalue weighted by atomic mass is 9.87. The fourth-order valence-electron chi connectivity index (χ4n) is 2.09. The second kappa shape index (κ2) is 8.18. The molecule has 2 aromatic rings. The Hall–Kier alpha value is -2.31. The molecule has 4 N–H and O–H groups in total. The average Bonchev–Trinajstić information content (AvgIpc) is 3.02. The first kappa shape index (κ1) is 20.7. The highest BCUT2D eigenvalue weighted by molar-refractivity contribution is 6.03. The summed E-state index contributed by atoms with van der Waals surface area (Å²) in [5.41, 5.74) is 7.72. The van der Waals surface area contributed by atoms with Gasteiger partial charge in [-0.2, -0.15) is 0 Å². The lowest BCUT2D eigenvalue weighted by molar-refractivity contribution is -0.119. The van der Waals surface area contributed by atoms with Gasteiger partial charge in [0.1, 0.15) is 0 Å². The Labute approximate surface area is 153 Å². The van der Waals surface area contributed by atoms with Crippen LogP contribution in [-0.2, 0) is 4.79 Å². The average molecular weight is 366 g/mol. The molecule has 0 saturated carbocycles. The molecule has 0 spiro atoms. The Kier molecular flexibility index (Phi) is 6.78. The van der Waals surface area contributed by atoms with Crippen molar-refractivity contribution in [2.75, 3.05) is 10.6 Å². The minimum atomic E-state index is -0.615. The molecule has 136 valence electrons. The molecule has 0 bridgehead atoms. The third kappa shape index (κ3) is 5.34. The molecule has 25 heavy (non-hydrogen) atoms. The second-order valence-corrected chi connectivity index (χ2v) is 6.79. The number of hydrogen-bond acceptors (Lipinski definition) is 4. The maximum absolute atomic E-state index is 12.2. The summed E-state index contributed by atoms with van der Waals surface area (Å²) in [6.07, 6.45) is 1.44. The Bertz CT molecular complexity index is 737. The van der Waals surface area contributed by atoms with Crippen molar-refractivity contribution in [1.82, 2.24) is 0 Å². The predicted octanol–water partition coefficient (Wildman–Crippen LogP) is 3.57. The molecule has 0 fully saturated rings. The van der Waals surface area contributed by atoms with Crippen molar-refractivity contribution in [1.29, 1.82) is 0 Å². The molecule has 7 heteroatoms. The monoisotopic (exact) mass is 365 g/mol. The van der Waals surface area contributed by atoms with Gasteiger partial charge in [-0.05, 0) is 48.2 Å². The van der Waals surface area contributed by atoms with Crippen LogP contribution >= 0.6 is 12.4 Å². The summed E-state index contributed by atoms with van der Waals surface area (Å²) in [4.78, 5) is 24.2. The highest BCUT2D eigenvalue weighted by Crippen LogP contribution is 2.22. The molecular weight excluding hydrogens is 342 g/mol. The van der Waals surface area contributed by atoms with Gasteiger partial charge in [-0.25, -0.2) is 0 Å². The van der Waals surface area contributed by atoms with Gasteiger partial charge in [0.2, 0.25) is 5.91 Å². The molecule has 0 saturated heterocycles. The zero-order valence-corrected chi connectivity index (χ0v) is 15.6. The van der Waals surface area contributed by atoms with Crippen molar-refractivity contribution in [3.63, 3.8) is 0 Å².